The lowest BCUT2D eigenvalue weighted by molar-refractivity contribution is -0.137. The summed E-state index contributed by atoms with van der Waals surface area (Å²) < 4.78 is 43.4. The summed E-state index contributed by atoms with van der Waals surface area (Å²) in [6.07, 6.45) is -3.14. The van der Waals surface area contributed by atoms with Crippen molar-refractivity contribution in [1.82, 2.24) is 5.32 Å². The molecule has 1 rings (SSSR count). The Kier molecular flexibility index (Phi) is 5.94. The van der Waals surface area contributed by atoms with Crippen LogP contribution in [0.2, 0.25) is 5.02 Å². The van der Waals surface area contributed by atoms with Crippen molar-refractivity contribution in [2.75, 3.05) is 13.6 Å². The first-order valence-electron chi connectivity index (χ1n) is 6.06. The number of ether oxygens (including phenoxy) is 1. The molecule has 0 heterocycles. The Morgan fingerprint density at radius 3 is 2.58 bits per heavy atom. The minimum Gasteiger partial charge on any atom is -0.489 e. The second-order valence-corrected chi connectivity index (χ2v) is 4.59. The topological polar surface area (TPSA) is 21.3 Å². The van der Waals surface area contributed by atoms with Gasteiger partial charge in [0, 0.05) is 0 Å². The molecule has 6 heteroatoms. The van der Waals surface area contributed by atoms with Gasteiger partial charge in [-0.15, -0.1) is 0 Å². The quantitative estimate of drug-likeness (QED) is 0.852. The first-order chi connectivity index (χ1) is 8.88. The lowest BCUT2D eigenvalue weighted by Gasteiger charge is -2.19. The number of rotatable bonds is 6. The molecule has 1 atom stereocenters. The van der Waals surface area contributed by atoms with E-state index < -0.39 is 11.7 Å². The molecule has 1 unspecified atom stereocenters. The molecule has 0 saturated heterocycles. The van der Waals surface area contributed by atoms with Crippen LogP contribution in [-0.2, 0) is 6.18 Å². The van der Waals surface area contributed by atoms with Crippen LogP contribution in [0, 0.1) is 0 Å². The molecule has 0 amide bonds. The summed E-state index contributed by atoms with van der Waals surface area (Å²) in [5.41, 5.74) is -0.754. The lowest BCUT2D eigenvalue weighted by Crippen LogP contribution is -2.22. The fraction of sp³-hybridized carbons (Fsp3) is 0.538. The molecule has 1 aromatic carbocycles. The Morgan fingerprint density at radius 2 is 2.05 bits per heavy atom. The van der Waals surface area contributed by atoms with Crippen molar-refractivity contribution in [3.05, 3.63) is 28.8 Å². The van der Waals surface area contributed by atoms with E-state index in [4.69, 9.17) is 16.3 Å². The van der Waals surface area contributed by atoms with E-state index in [0.717, 1.165) is 18.7 Å². The van der Waals surface area contributed by atoms with Crippen LogP contribution in [0.1, 0.15) is 25.3 Å². The summed E-state index contributed by atoms with van der Waals surface area (Å²) in [4.78, 5) is 0. The first-order valence-corrected chi connectivity index (χ1v) is 6.44. The van der Waals surface area contributed by atoms with Gasteiger partial charge >= 0.3 is 6.18 Å². The third-order valence-corrected chi connectivity index (χ3v) is 3.04. The van der Waals surface area contributed by atoms with Crippen molar-refractivity contribution < 1.29 is 17.9 Å². The molecule has 0 aliphatic rings. The van der Waals surface area contributed by atoms with Crippen molar-refractivity contribution in [3.63, 3.8) is 0 Å². The summed E-state index contributed by atoms with van der Waals surface area (Å²) in [6, 6.07) is 3.11. The van der Waals surface area contributed by atoms with E-state index in [1.165, 1.54) is 6.07 Å². The molecule has 0 aromatic heterocycles. The summed E-state index contributed by atoms with van der Waals surface area (Å²) in [6.45, 7) is 2.65. The SMILES string of the molecule is CCC(CCNC)Oc1cc(C(F)(F)F)ccc1Cl. The van der Waals surface area contributed by atoms with E-state index in [1.807, 2.05) is 14.0 Å². The molecule has 0 aliphatic heterocycles. The van der Waals surface area contributed by atoms with Crippen LogP contribution in [0.15, 0.2) is 18.2 Å². The number of hydrogen-bond donors (Lipinski definition) is 1. The number of benzene rings is 1. The van der Waals surface area contributed by atoms with Crippen molar-refractivity contribution >= 4 is 11.6 Å². The third kappa shape index (κ3) is 4.91. The summed E-state index contributed by atoms with van der Waals surface area (Å²) in [5, 5.41) is 3.17. The van der Waals surface area contributed by atoms with Crippen molar-refractivity contribution in [2.24, 2.45) is 0 Å². The van der Waals surface area contributed by atoms with Gasteiger partial charge in [0.2, 0.25) is 0 Å². The second kappa shape index (κ2) is 7.01. The van der Waals surface area contributed by atoms with Gasteiger partial charge < -0.3 is 10.1 Å². The zero-order valence-electron chi connectivity index (χ0n) is 10.9. The number of alkyl halides is 3. The van der Waals surface area contributed by atoms with E-state index >= 15 is 0 Å². The number of halogens is 4. The fourth-order valence-corrected chi connectivity index (χ4v) is 1.76. The Balaban J connectivity index is 2.86. The van der Waals surface area contributed by atoms with Gasteiger partial charge in [0.1, 0.15) is 5.75 Å². The van der Waals surface area contributed by atoms with E-state index in [-0.39, 0.29) is 16.9 Å². The largest absolute Gasteiger partial charge is 0.489 e. The highest BCUT2D eigenvalue weighted by Gasteiger charge is 2.31. The molecule has 0 fully saturated rings. The van der Waals surface area contributed by atoms with Crippen molar-refractivity contribution in [1.29, 1.82) is 0 Å². The molecule has 0 bridgehead atoms. The number of hydrogen-bond acceptors (Lipinski definition) is 2. The Bertz CT molecular complexity index is 409. The van der Waals surface area contributed by atoms with Gasteiger partial charge in [-0.1, -0.05) is 18.5 Å². The van der Waals surface area contributed by atoms with Crippen LogP contribution in [0.5, 0.6) is 5.75 Å². The minimum absolute atomic E-state index is 0.0828. The first kappa shape index (κ1) is 16.1. The molecule has 19 heavy (non-hydrogen) atoms. The fourth-order valence-electron chi connectivity index (χ4n) is 1.60. The molecule has 0 spiro atoms. The predicted molar refractivity (Wildman–Crippen MR) is 69.7 cm³/mol. The van der Waals surface area contributed by atoms with Crippen molar-refractivity contribution in [3.8, 4) is 5.75 Å². The highest BCUT2D eigenvalue weighted by Crippen LogP contribution is 2.35. The molecule has 0 aliphatic carbocycles. The number of nitrogens with one attached hydrogen (secondary N) is 1. The van der Waals surface area contributed by atoms with Gasteiger partial charge in [-0.25, -0.2) is 0 Å². The Hall–Kier alpha value is -0.940. The van der Waals surface area contributed by atoms with E-state index in [1.54, 1.807) is 0 Å². The highest BCUT2D eigenvalue weighted by atomic mass is 35.5. The van der Waals surface area contributed by atoms with Crippen LogP contribution >= 0.6 is 11.6 Å². The molecular weight excluding hydrogens is 279 g/mol. The maximum Gasteiger partial charge on any atom is 0.416 e. The van der Waals surface area contributed by atoms with Crippen LogP contribution in [0.25, 0.3) is 0 Å². The van der Waals surface area contributed by atoms with E-state index in [0.29, 0.717) is 12.8 Å². The second-order valence-electron chi connectivity index (χ2n) is 4.18. The van der Waals surface area contributed by atoms with Crippen LogP contribution < -0.4 is 10.1 Å². The molecule has 0 saturated carbocycles. The molecular formula is C13H17ClF3NO. The Labute approximate surface area is 115 Å². The predicted octanol–water partition coefficient (Wildman–Crippen LogP) is 4.13. The minimum atomic E-state index is -4.39. The molecule has 1 aromatic rings. The van der Waals surface area contributed by atoms with Crippen LogP contribution in [0.3, 0.4) is 0 Å². The Morgan fingerprint density at radius 1 is 1.37 bits per heavy atom. The highest BCUT2D eigenvalue weighted by molar-refractivity contribution is 6.32. The van der Waals surface area contributed by atoms with Gasteiger partial charge in [0.25, 0.3) is 0 Å². The monoisotopic (exact) mass is 295 g/mol. The molecule has 108 valence electrons. The third-order valence-electron chi connectivity index (χ3n) is 2.72. The van der Waals surface area contributed by atoms with E-state index in [2.05, 4.69) is 5.32 Å². The maximum atomic E-state index is 12.6. The van der Waals surface area contributed by atoms with E-state index in [9.17, 15) is 13.2 Å². The molecule has 2 nitrogen and oxygen atoms in total. The smallest absolute Gasteiger partial charge is 0.416 e. The zero-order valence-corrected chi connectivity index (χ0v) is 11.6. The standard InChI is InChI=1S/C13H17ClF3NO/c1-3-10(6-7-18-2)19-12-8-9(13(15,16)17)4-5-11(12)14/h4-5,8,10,18H,3,6-7H2,1-2H3. The average Bonchev–Trinajstić information content (AvgIpc) is 2.35. The van der Waals surface area contributed by atoms with Gasteiger partial charge in [-0.05, 0) is 44.6 Å². The zero-order chi connectivity index (χ0) is 14.5. The summed E-state index contributed by atoms with van der Waals surface area (Å²) in [7, 11) is 1.81. The molecule has 1 N–H and O–H groups in total. The summed E-state index contributed by atoms with van der Waals surface area (Å²) >= 11 is 5.87. The van der Waals surface area contributed by atoms with Gasteiger partial charge in [-0.2, -0.15) is 13.2 Å². The van der Waals surface area contributed by atoms with Gasteiger partial charge in [0.15, 0.2) is 0 Å². The summed E-state index contributed by atoms with van der Waals surface area (Å²) in [5.74, 6) is 0.0828. The lowest BCUT2D eigenvalue weighted by atomic mass is 10.2. The van der Waals surface area contributed by atoms with Gasteiger partial charge in [0.05, 0.1) is 16.7 Å². The van der Waals surface area contributed by atoms with Crippen molar-refractivity contribution in [2.45, 2.75) is 32.0 Å². The van der Waals surface area contributed by atoms with Crippen LogP contribution in [0.4, 0.5) is 13.2 Å². The normalized spacial score (nSPS) is 13.4. The molecule has 0 radical (unpaired) electrons. The van der Waals surface area contributed by atoms with Gasteiger partial charge in [-0.3, -0.25) is 0 Å². The maximum absolute atomic E-state index is 12.6. The van der Waals surface area contributed by atoms with Crippen LogP contribution in [-0.4, -0.2) is 19.7 Å². The average molecular weight is 296 g/mol.